The van der Waals surface area contributed by atoms with Crippen molar-refractivity contribution in [2.75, 3.05) is 18.4 Å². The van der Waals surface area contributed by atoms with Crippen molar-refractivity contribution in [3.05, 3.63) is 96.3 Å². The molecule has 2 atom stereocenters. The zero-order valence-corrected chi connectivity index (χ0v) is 24.9. The molecule has 0 bridgehead atoms. The van der Waals surface area contributed by atoms with Crippen LogP contribution in [-0.2, 0) is 11.3 Å². The average Bonchev–Trinajstić information content (AvgIpc) is 3.40. The lowest BCUT2D eigenvalue weighted by atomic mass is 10.0. The first-order valence-corrected chi connectivity index (χ1v) is 14.4. The quantitative estimate of drug-likeness (QED) is 0.279. The van der Waals surface area contributed by atoms with Gasteiger partial charge in [-0.05, 0) is 81.1 Å². The first kappa shape index (κ1) is 29.9. The van der Waals surface area contributed by atoms with Crippen LogP contribution in [-0.4, -0.2) is 62.3 Å². The minimum absolute atomic E-state index is 0.286. The van der Waals surface area contributed by atoms with E-state index in [1.807, 2.05) is 72.3 Å². The van der Waals surface area contributed by atoms with E-state index in [0.717, 1.165) is 28.1 Å². The van der Waals surface area contributed by atoms with Crippen LogP contribution in [0.5, 0.6) is 0 Å². The molecule has 2 N–H and O–H groups in total. The molecule has 224 valence electrons. The Labute approximate surface area is 251 Å². The Hall–Kier alpha value is -4.57. The van der Waals surface area contributed by atoms with Crippen molar-refractivity contribution < 1.29 is 18.7 Å². The van der Waals surface area contributed by atoms with Crippen molar-refractivity contribution in [3.8, 4) is 16.8 Å². The van der Waals surface area contributed by atoms with Gasteiger partial charge in [-0.3, -0.25) is 14.7 Å². The van der Waals surface area contributed by atoms with Crippen molar-refractivity contribution in [2.24, 2.45) is 0 Å². The van der Waals surface area contributed by atoms with Crippen LogP contribution >= 0.6 is 0 Å². The van der Waals surface area contributed by atoms with E-state index in [1.54, 1.807) is 39.4 Å². The number of amides is 2. The van der Waals surface area contributed by atoms with Crippen LogP contribution < -0.4 is 10.6 Å². The van der Waals surface area contributed by atoms with Gasteiger partial charge < -0.3 is 19.9 Å². The number of rotatable bonds is 7. The molecule has 1 aliphatic rings. The Morgan fingerprint density at radius 1 is 1.05 bits per heavy atom. The molecule has 0 radical (unpaired) electrons. The first-order chi connectivity index (χ1) is 20.5. The highest BCUT2D eigenvalue weighted by Gasteiger charge is 2.32. The third kappa shape index (κ3) is 8.04. The van der Waals surface area contributed by atoms with Gasteiger partial charge in [0.1, 0.15) is 17.5 Å². The van der Waals surface area contributed by atoms with Gasteiger partial charge in [0.05, 0.1) is 18.1 Å². The summed E-state index contributed by atoms with van der Waals surface area (Å²) in [7, 11) is 0. The summed E-state index contributed by atoms with van der Waals surface area (Å²) in [4.78, 5) is 36.4. The van der Waals surface area contributed by atoms with E-state index in [2.05, 4.69) is 25.5 Å². The lowest BCUT2D eigenvalue weighted by Gasteiger charge is -2.35. The predicted molar refractivity (Wildman–Crippen MR) is 164 cm³/mol. The molecule has 0 unspecified atom stereocenters. The van der Waals surface area contributed by atoms with E-state index in [1.165, 1.54) is 0 Å². The number of likely N-dealkylation sites (tertiary alicyclic amines) is 1. The van der Waals surface area contributed by atoms with Gasteiger partial charge in [0.2, 0.25) is 0 Å². The van der Waals surface area contributed by atoms with Crippen molar-refractivity contribution in [1.29, 1.82) is 0 Å². The first-order valence-electron chi connectivity index (χ1n) is 14.4. The summed E-state index contributed by atoms with van der Waals surface area (Å²) in [5.41, 5.74) is 4.72. The molecule has 2 amide bonds. The number of piperidine rings is 1. The number of alkyl carbamates (subject to hydrolysis) is 1. The highest BCUT2D eigenvalue weighted by molar-refractivity contribution is 6.03. The molecule has 9 nitrogen and oxygen atoms in total. The van der Waals surface area contributed by atoms with Gasteiger partial charge in [-0.15, -0.1) is 0 Å². The van der Waals surface area contributed by atoms with Gasteiger partial charge in [-0.1, -0.05) is 30.3 Å². The number of carbonyl (C=O) groups excluding carboxylic acids is 2. The number of anilines is 1. The summed E-state index contributed by atoms with van der Waals surface area (Å²) < 4.78 is 22.0. The van der Waals surface area contributed by atoms with Crippen LogP contribution in [0.4, 0.5) is 14.9 Å². The van der Waals surface area contributed by atoms with Crippen molar-refractivity contribution in [3.63, 3.8) is 0 Å². The predicted octanol–water partition coefficient (Wildman–Crippen LogP) is 5.93. The Balaban J connectivity index is 1.35. The number of aromatic nitrogens is 3. The van der Waals surface area contributed by atoms with Gasteiger partial charge in [0.15, 0.2) is 0 Å². The van der Waals surface area contributed by atoms with Gasteiger partial charge in [-0.2, -0.15) is 0 Å². The number of imidazole rings is 1. The molecule has 1 fully saturated rings. The Morgan fingerprint density at radius 3 is 2.56 bits per heavy atom. The fourth-order valence-corrected chi connectivity index (χ4v) is 5.10. The van der Waals surface area contributed by atoms with Gasteiger partial charge in [0, 0.05) is 43.4 Å². The molecule has 0 aliphatic carbocycles. The number of hydrogen-bond donors (Lipinski definition) is 2. The molecular formula is C33H37FN6O3. The summed E-state index contributed by atoms with van der Waals surface area (Å²) in [5, 5.41) is 5.71. The molecular weight excluding hydrogens is 547 g/mol. The number of ether oxygens (including phenoxy) is 1. The second kappa shape index (κ2) is 12.7. The van der Waals surface area contributed by atoms with Gasteiger partial charge in [0.25, 0.3) is 5.91 Å². The van der Waals surface area contributed by atoms with Gasteiger partial charge in [-0.25, -0.2) is 14.2 Å². The summed E-state index contributed by atoms with van der Waals surface area (Å²) >= 11 is 0. The molecule has 0 saturated carbocycles. The van der Waals surface area contributed by atoms with E-state index in [-0.39, 0.29) is 12.3 Å². The minimum atomic E-state index is -1.17. The molecule has 2 aromatic heterocycles. The number of aryl methyl sites for hydroxylation is 1. The normalized spacial score (nSPS) is 17.3. The monoisotopic (exact) mass is 584 g/mol. The van der Waals surface area contributed by atoms with Crippen molar-refractivity contribution in [1.82, 2.24) is 24.8 Å². The number of pyridine rings is 1. The Kier molecular flexibility index (Phi) is 8.86. The number of hydrogen-bond acceptors (Lipinski definition) is 6. The third-order valence-electron chi connectivity index (χ3n) is 7.07. The SMILES string of the molecule is Cc1cn(-c2cc(CN3CC[C@@H](F)[C@H](NC(=O)OC(C)(C)C)C3)cc(NC(=O)c3cc(-c4ccccc4)ccn3)c2)cn1. The Morgan fingerprint density at radius 2 is 1.84 bits per heavy atom. The number of nitrogens with zero attached hydrogens (tertiary/aromatic N) is 4. The summed E-state index contributed by atoms with van der Waals surface area (Å²) in [6.45, 7) is 8.57. The summed E-state index contributed by atoms with van der Waals surface area (Å²) in [5.74, 6) is -0.331. The largest absolute Gasteiger partial charge is 0.444 e. The fourth-order valence-electron chi connectivity index (χ4n) is 5.10. The minimum Gasteiger partial charge on any atom is -0.444 e. The Bertz CT molecular complexity index is 1580. The highest BCUT2D eigenvalue weighted by Crippen LogP contribution is 2.24. The second-order valence-corrected chi connectivity index (χ2v) is 11.9. The number of alkyl halides is 1. The van der Waals surface area contributed by atoms with Crippen LogP contribution in [0.25, 0.3) is 16.8 Å². The van der Waals surface area contributed by atoms with Crippen molar-refractivity contribution in [2.45, 2.75) is 58.5 Å². The lowest BCUT2D eigenvalue weighted by molar-refractivity contribution is 0.0388. The fraction of sp³-hybridized carbons (Fsp3) is 0.333. The van der Waals surface area contributed by atoms with Crippen LogP contribution in [0.1, 0.15) is 48.9 Å². The molecule has 10 heteroatoms. The zero-order valence-electron chi connectivity index (χ0n) is 24.9. The van der Waals surface area contributed by atoms with E-state index < -0.39 is 23.9 Å². The number of benzene rings is 2. The maximum absolute atomic E-state index is 14.8. The molecule has 1 aliphatic heterocycles. The van der Waals surface area contributed by atoms with Crippen LogP contribution in [0, 0.1) is 6.92 Å². The molecule has 3 heterocycles. The molecule has 5 rings (SSSR count). The third-order valence-corrected chi connectivity index (χ3v) is 7.07. The van der Waals surface area contributed by atoms with E-state index >= 15 is 0 Å². The molecule has 43 heavy (non-hydrogen) atoms. The van der Waals surface area contributed by atoms with Crippen molar-refractivity contribution >= 4 is 17.7 Å². The topological polar surface area (TPSA) is 101 Å². The highest BCUT2D eigenvalue weighted by atomic mass is 19.1. The molecule has 1 saturated heterocycles. The second-order valence-electron chi connectivity index (χ2n) is 11.9. The maximum Gasteiger partial charge on any atom is 0.408 e. The number of nitrogens with one attached hydrogen (secondary N) is 2. The molecule has 4 aromatic rings. The van der Waals surface area contributed by atoms with Gasteiger partial charge >= 0.3 is 6.09 Å². The molecule has 2 aromatic carbocycles. The smallest absolute Gasteiger partial charge is 0.408 e. The number of halogens is 1. The maximum atomic E-state index is 14.8. The lowest BCUT2D eigenvalue weighted by Crippen LogP contribution is -2.54. The van der Waals surface area contributed by atoms with E-state index in [9.17, 15) is 14.0 Å². The van der Waals surface area contributed by atoms with Crippen LogP contribution in [0.2, 0.25) is 0 Å². The molecule has 0 spiro atoms. The average molecular weight is 585 g/mol. The summed E-state index contributed by atoms with van der Waals surface area (Å²) in [6.07, 6.45) is 3.75. The standard InChI is InChI=1S/C33H37FN6O3/c1-22-18-40(21-36-22)27-15-23(19-39-13-11-28(34)30(20-39)38-32(42)43-33(2,3)4)14-26(17-27)37-31(41)29-16-25(10-12-35-29)24-8-6-5-7-9-24/h5-10,12,14-18,21,28,30H,11,13,19-20H2,1-4H3,(H,37,41)(H,38,42)/t28-,30-/m1/s1. The van der Waals surface area contributed by atoms with E-state index in [4.69, 9.17) is 4.74 Å². The zero-order chi connectivity index (χ0) is 30.6. The van der Waals surface area contributed by atoms with Crippen LogP contribution in [0.3, 0.4) is 0 Å². The summed E-state index contributed by atoms with van der Waals surface area (Å²) in [6, 6.07) is 18.6. The van der Waals surface area contributed by atoms with Crippen LogP contribution in [0.15, 0.2) is 79.4 Å². The number of carbonyl (C=O) groups is 2. The van der Waals surface area contributed by atoms with E-state index in [0.29, 0.717) is 31.0 Å².